The summed E-state index contributed by atoms with van der Waals surface area (Å²) in [6.45, 7) is 0.639. The number of hydrogen-bond acceptors (Lipinski definition) is 2. The highest BCUT2D eigenvalue weighted by atomic mass is 19.4. The summed E-state index contributed by atoms with van der Waals surface area (Å²) in [6.07, 6.45) is -3.40. The standard InChI is InChI=1S/C24H24F4N4O/c25-17-3-7-21-22(12-17)31(23(33)32(21)18-4-5-18)14-19-11-16-10-15(13-29)2-6-20(16)30(19)9-1-8-24(26,27)28/h2-3,6-7,10-12,18H,1,4-5,8-9,13-14,29H2. The van der Waals surface area contributed by atoms with Crippen LogP contribution < -0.4 is 11.4 Å². The van der Waals surface area contributed by atoms with Crippen molar-refractivity contribution in [3.05, 3.63) is 70.0 Å². The van der Waals surface area contributed by atoms with E-state index in [-0.39, 0.29) is 31.2 Å². The zero-order valence-corrected chi connectivity index (χ0v) is 17.9. The van der Waals surface area contributed by atoms with E-state index in [1.165, 1.54) is 16.7 Å². The van der Waals surface area contributed by atoms with Crippen molar-refractivity contribution in [2.75, 3.05) is 0 Å². The van der Waals surface area contributed by atoms with Crippen LogP contribution in [-0.4, -0.2) is 19.9 Å². The monoisotopic (exact) mass is 460 g/mol. The summed E-state index contributed by atoms with van der Waals surface area (Å²) in [5.41, 5.74) is 9.08. The van der Waals surface area contributed by atoms with Gasteiger partial charge in [-0.3, -0.25) is 9.13 Å². The van der Waals surface area contributed by atoms with Crippen LogP contribution in [0.3, 0.4) is 0 Å². The van der Waals surface area contributed by atoms with Crippen LogP contribution in [0.1, 0.15) is 43.0 Å². The zero-order chi connectivity index (χ0) is 23.3. The number of imidazole rings is 1. The average Bonchev–Trinajstić information content (AvgIpc) is 3.49. The van der Waals surface area contributed by atoms with Gasteiger partial charge in [0.25, 0.3) is 0 Å². The number of aromatic nitrogens is 3. The molecule has 0 aliphatic heterocycles. The third kappa shape index (κ3) is 4.17. The number of aryl methyl sites for hydroxylation is 1. The minimum absolute atomic E-state index is 0.0771. The molecule has 9 heteroatoms. The van der Waals surface area contributed by atoms with Crippen LogP contribution in [0.4, 0.5) is 17.6 Å². The van der Waals surface area contributed by atoms with E-state index >= 15 is 0 Å². The Morgan fingerprint density at radius 2 is 1.73 bits per heavy atom. The fraction of sp³-hybridized carbons (Fsp3) is 0.375. The summed E-state index contributed by atoms with van der Waals surface area (Å²) in [5.74, 6) is -0.442. The lowest BCUT2D eigenvalue weighted by atomic mass is 10.1. The number of fused-ring (bicyclic) bond motifs is 2. The molecule has 0 radical (unpaired) electrons. The van der Waals surface area contributed by atoms with Crippen molar-refractivity contribution in [2.24, 2.45) is 5.73 Å². The molecule has 1 aliphatic rings. The molecule has 0 saturated heterocycles. The first-order valence-corrected chi connectivity index (χ1v) is 11.0. The van der Waals surface area contributed by atoms with Crippen LogP contribution in [0.25, 0.3) is 21.9 Å². The molecule has 5 rings (SSSR count). The molecule has 0 bridgehead atoms. The summed E-state index contributed by atoms with van der Waals surface area (Å²) in [6, 6.07) is 11.9. The minimum Gasteiger partial charge on any atom is -0.343 e. The second-order valence-electron chi connectivity index (χ2n) is 8.71. The topological polar surface area (TPSA) is 57.9 Å². The van der Waals surface area contributed by atoms with Gasteiger partial charge >= 0.3 is 11.9 Å². The number of benzene rings is 2. The molecule has 33 heavy (non-hydrogen) atoms. The SMILES string of the molecule is NCc1ccc2c(c1)cc(Cn1c(=O)n(C3CC3)c3ccc(F)cc31)n2CCCC(F)(F)F. The molecular weight excluding hydrogens is 436 g/mol. The normalized spacial score (nSPS) is 14.6. The van der Waals surface area contributed by atoms with E-state index in [2.05, 4.69) is 0 Å². The van der Waals surface area contributed by atoms with E-state index in [0.29, 0.717) is 23.3 Å². The van der Waals surface area contributed by atoms with Crippen LogP contribution in [0.5, 0.6) is 0 Å². The highest BCUT2D eigenvalue weighted by Gasteiger charge is 2.30. The van der Waals surface area contributed by atoms with Gasteiger partial charge in [0, 0.05) is 42.1 Å². The quantitative estimate of drug-likeness (QED) is 0.391. The Kier molecular flexibility index (Phi) is 5.31. The lowest BCUT2D eigenvalue weighted by Gasteiger charge is -2.13. The maximum Gasteiger partial charge on any atom is 0.389 e. The van der Waals surface area contributed by atoms with E-state index in [0.717, 1.165) is 29.3 Å². The average molecular weight is 460 g/mol. The first kappa shape index (κ1) is 21.8. The number of nitrogens with two attached hydrogens (primary N) is 1. The van der Waals surface area contributed by atoms with Crippen molar-refractivity contribution in [2.45, 2.75) is 57.5 Å². The number of halogens is 4. The molecule has 0 unspecified atom stereocenters. The lowest BCUT2D eigenvalue weighted by molar-refractivity contribution is -0.135. The molecule has 1 aliphatic carbocycles. The van der Waals surface area contributed by atoms with E-state index in [1.54, 1.807) is 10.6 Å². The number of rotatable bonds is 7. The zero-order valence-electron chi connectivity index (χ0n) is 17.9. The van der Waals surface area contributed by atoms with Crippen molar-refractivity contribution >= 4 is 21.9 Å². The van der Waals surface area contributed by atoms with Gasteiger partial charge in [0.2, 0.25) is 0 Å². The maximum absolute atomic E-state index is 14.1. The molecular formula is C24H24F4N4O. The van der Waals surface area contributed by atoms with Crippen molar-refractivity contribution in [3.63, 3.8) is 0 Å². The number of nitrogens with zero attached hydrogens (tertiary/aromatic N) is 3. The first-order chi connectivity index (χ1) is 15.7. The van der Waals surface area contributed by atoms with Gasteiger partial charge in [-0.2, -0.15) is 13.2 Å². The van der Waals surface area contributed by atoms with Gasteiger partial charge in [-0.15, -0.1) is 0 Å². The molecule has 0 spiro atoms. The second kappa shape index (κ2) is 8.06. The van der Waals surface area contributed by atoms with Crippen molar-refractivity contribution in [1.82, 2.24) is 13.7 Å². The predicted molar refractivity (Wildman–Crippen MR) is 119 cm³/mol. The molecule has 2 aromatic carbocycles. The lowest BCUT2D eigenvalue weighted by Crippen LogP contribution is -2.25. The number of hydrogen-bond donors (Lipinski definition) is 1. The van der Waals surface area contributed by atoms with Crippen LogP contribution >= 0.6 is 0 Å². The van der Waals surface area contributed by atoms with Gasteiger partial charge < -0.3 is 10.3 Å². The number of alkyl halides is 3. The third-order valence-corrected chi connectivity index (χ3v) is 6.29. The first-order valence-electron chi connectivity index (χ1n) is 11.0. The Hall–Kier alpha value is -3.07. The predicted octanol–water partition coefficient (Wildman–Crippen LogP) is 5.08. The molecule has 5 nitrogen and oxygen atoms in total. The Bertz CT molecular complexity index is 1390. The van der Waals surface area contributed by atoms with Crippen molar-refractivity contribution in [1.29, 1.82) is 0 Å². The molecule has 0 atom stereocenters. The van der Waals surface area contributed by atoms with Crippen molar-refractivity contribution < 1.29 is 17.6 Å². The van der Waals surface area contributed by atoms with Gasteiger partial charge in [-0.1, -0.05) is 6.07 Å². The van der Waals surface area contributed by atoms with Gasteiger partial charge in [-0.05, 0) is 61.2 Å². The minimum atomic E-state index is -4.23. The Morgan fingerprint density at radius 1 is 0.970 bits per heavy atom. The second-order valence-corrected chi connectivity index (χ2v) is 8.71. The summed E-state index contributed by atoms with van der Waals surface area (Å²) in [7, 11) is 0. The molecule has 2 aromatic heterocycles. The van der Waals surface area contributed by atoms with Crippen LogP contribution in [-0.2, 0) is 19.6 Å². The van der Waals surface area contributed by atoms with Crippen LogP contribution in [0, 0.1) is 5.82 Å². The summed E-state index contributed by atoms with van der Waals surface area (Å²) < 4.78 is 57.5. The molecule has 1 saturated carbocycles. The third-order valence-electron chi connectivity index (χ3n) is 6.29. The molecule has 1 fully saturated rings. The van der Waals surface area contributed by atoms with Gasteiger partial charge in [0.15, 0.2) is 0 Å². The molecule has 2 N–H and O–H groups in total. The van der Waals surface area contributed by atoms with Gasteiger partial charge in [-0.25, -0.2) is 9.18 Å². The molecule has 174 valence electrons. The molecule has 4 aromatic rings. The van der Waals surface area contributed by atoms with Gasteiger partial charge in [0.1, 0.15) is 5.82 Å². The smallest absolute Gasteiger partial charge is 0.343 e. The Balaban J connectivity index is 1.60. The van der Waals surface area contributed by atoms with E-state index < -0.39 is 18.4 Å². The van der Waals surface area contributed by atoms with E-state index in [4.69, 9.17) is 5.73 Å². The highest BCUT2D eigenvalue weighted by molar-refractivity contribution is 5.82. The Morgan fingerprint density at radius 3 is 2.42 bits per heavy atom. The summed E-state index contributed by atoms with van der Waals surface area (Å²) in [5, 5.41) is 0.852. The highest BCUT2D eigenvalue weighted by Crippen LogP contribution is 2.36. The van der Waals surface area contributed by atoms with E-state index in [9.17, 15) is 22.4 Å². The summed E-state index contributed by atoms with van der Waals surface area (Å²) in [4.78, 5) is 13.3. The molecule has 0 amide bonds. The van der Waals surface area contributed by atoms with Crippen molar-refractivity contribution in [3.8, 4) is 0 Å². The molecule has 2 heterocycles. The van der Waals surface area contributed by atoms with E-state index in [1.807, 2.05) is 28.8 Å². The summed E-state index contributed by atoms with van der Waals surface area (Å²) >= 11 is 0. The fourth-order valence-electron chi connectivity index (χ4n) is 4.59. The van der Waals surface area contributed by atoms with Crippen LogP contribution in [0.15, 0.2) is 47.3 Å². The van der Waals surface area contributed by atoms with Crippen LogP contribution in [0.2, 0.25) is 0 Å². The van der Waals surface area contributed by atoms with Gasteiger partial charge in [0.05, 0.1) is 17.6 Å². The Labute approximate surface area is 187 Å². The largest absolute Gasteiger partial charge is 0.389 e. The fourth-order valence-corrected chi connectivity index (χ4v) is 4.59. The maximum atomic E-state index is 14.1.